The van der Waals surface area contributed by atoms with Crippen LogP contribution >= 0.6 is 0 Å². The number of piperidine rings is 1. The van der Waals surface area contributed by atoms with Crippen molar-refractivity contribution in [3.63, 3.8) is 0 Å². The second-order valence-electron chi connectivity index (χ2n) is 4.77. The maximum atomic E-state index is 11.7. The number of hydrogen-bond donors (Lipinski definition) is 0. The lowest BCUT2D eigenvalue weighted by molar-refractivity contribution is -0.137. The summed E-state index contributed by atoms with van der Waals surface area (Å²) < 4.78 is 0. The first-order chi connectivity index (χ1) is 6.65. The molecule has 1 fully saturated rings. The SMILES string of the molecule is CCCC1CCCC(=O)N1CC(C)C. The van der Waals surface area contributed by atoms with Crippen LogP contribution in [0.3, 0.4) is 0 Å². The molecular weight excluding hydrogens is 174 g/mol. The molecular formula is C12H23NO. The summed E-state index contributed by atoms with van der Waals surface area (Å²) in [7, 11) is 0. The zero-order valence-corrected chi connectivity index (χ0v) is 9.75. The number of nitrogens with zero attached hydrogens (tertiary/aromatic N) is 1. The van der Waals surface area contributed by atoms with Crippen LogP contribution in [0, 0.1) is 5.92 Å². The van der Waals surface area contributed by atoms with Crippen molar-refractivity contribution < 1.29 is 4.79 Å². The Kier molecular flexibility index (Phi) is 4.43. The molecule has 0 radical (unpaired) electrons. The third-order valence-electron chi connectivity index (χ3n) is 2.87. The van der Waals surface area contributed by atoms with Crippen molar-refractivity contribution in [1.82, 2.24) is 4.90 Å². The van der Waals surface area contributed by atoms with Gasteiger partial charge in [-0.2, -0.15) is 0 Å². The van der Waals surface area contributed by atoms with Gasteiger partial charge in [-0.05, 0) is 25.2 Å². The molecule has 0 aromatic carbocycles. The van der Waals surface area contributed by atoms with Gasteiger partial charge < -0.3 is 4.90 Å². The zero-order valence-electron chi connectivity index (χ0n) is 9.75. The maximum absolute atomic E-state index is 11.7. The Morgan fingerprint density at radius 1 is 1.50 bits per heavy atom. The predicted octanol–water partition coefficient (Wildman–Crippen LogP) is 2.82. The van der Waals surface area contributed by atoms with Gasteiger partial charge in [-0.3, -0.25) is 4.79 Å². The molecule has 2 nitrogen and oxygen atoms in total. The van der Waals surface area contributed by atoms with Crippen LogP contribution in [0.15, 0.2) is 0 Å². The second-order valence-corrected chi connectivity index (χ2v) is 4.77. The van der Waals surface area contributed by atoms with E-state index < -0.39 is 0 Å². The highest BCUT2D eigenvalue weighted by molar-refractivity contribution is 5.77. The van der Waals surface area contributed by atoms with Crippen LogP contribution in [-0.4, -0.2) is 23.4 Å². The summed E-state index contributed by atoms with van der Waals surface area (Å²) in [5, 5.41) is 0. The zero-order chi connectivity index (χ0) is 10.6. The highest BCUT2D eigenvalue weighted by Gasteiger charge is 2.27. The van der Waals surface area contributed by atoms with Crippen LogP contribution in [0.25, 0.3) is 0 Å². The van der Waals surface area contributed by atoms with Crippen molar-refractivity contribution in [1.29, 1.82) is 0 Å². The molecule has 0 aliphatic carbocycles. The van der Waals surface area contributed by atoms with E-state index in [2.05, 4.69) is 25.7 Å². The van der Waals surface area contributed by atoms with E-state index in [1.807, 2.05) is 0 Å². The van der Waals surface area contributed by atoms with E-state index in [0.717, 1.165) is 19.4 Å². The quantitative estimate of drug-likeness (QED) is 0.678. The molecule has 0 spiro atoms. The third kappa shape index (κ3) is 3.00. The van der Waals surface area contributed by atoms with Crippen LogP contribution < -0.4 is 0 Å². The Bertz CT molecular complexity index is 187. The fourth-order valence-electron chi connectivity index (χ4n) is 2.27. The molecule has 82 valence electrons. The van der Waals surface area contributed by atoms with Gasteiger partial charge >= 0.3 is 0 Å². The molecule has 1 aliphatic rings. The fourth-order valence-corrected chi connectivity index (χ4v) is 2.27. The monoisotopic (exact) mass is 197 g/mol. The number of carbonyl (C=O) groups is 1. The van der Waals surface area contributed by atoms with Crippen LogP contribution in [0.1, 0.15) is 52.9 Å². The van der Waals surface area contributed by atoms with Crippen LogP contribution in [-0.2, 0) is 4.79 Å². The Morgan fingerprint density at radius 2 is 2.21 bits per heavy atom. The summed E-state index contributed by atoms with van der Waals surface area (Å²) in [5.74, 6) is 0.972. The average molecular weight is 197 g/mol. The van der Waals surface area contributed by atoms with Gasteiger partial charge in [0.15, 0.2) is 0 Å². The Labute approximate surface area is 87.7 Å². The molecule has 1 heterocycles. The lowest BCUT2D eigenvalue weighted by Gasteiger charge is -2.36. The summed E-state index contributed by atoms with van der Waals surface area (Å²) in [6, 6.07) is 0.531. The minimum absolute atomic E-state index is 0.378. The molecule has 1 saturated heterocycles. The highest BCUT2D eigenvalue weighted by Crippen LogP contribution is 2.22. The number of rotatable bonds is 4. The smallest absolute Gasteiger partial charge is 0.222 e. The summed E-state index contributed by atoms with van der Waals surface area (Å²) in [6.07, 6.45) is 5.45. The standard InChI is InChI=1S/C12H23NO/c1-4-6-11-7-5-8-12(14)13(11)9-10(2)3/h10-11H,4-9H2,1-3H3. The number of amides is 1. The molecule has 1 unspecified atom stereocenters. The van der Waals surface area contributed by atoms with Gasteiger partial charge in [-0.1, -0.05) is 27.2 Å². The summed E-state index contributed by atoms with van der Waals surface area (Å²) in [4.78, 5) is 13.9. The number of likely N-dealkylation sites (tertiary alicyclic amines) is 1. The molecule has 0 bridgehead atoms. The van der Waals surface area contributed by atoms with Crippen LogP contribution in [0.5, 0.6) is 0 Å². The van der Waals surface area contributed by atoms with Crippen molar-refractivity contribution in [2.24, 2.45) is 5.92 Å². The lowest BCUT2D eigenvalue weighted by atomic mass is 9.96. The number of carbonyl (C=O) groups excluding carboxylic acids is 1. The summed E-state index contributed by atoms with van der Waals surface area (Å²) in [5.41, 5.74) is 0. The predicted molar refractivity (Wildman–Crippen MR) is 59.1 cm³/mol. The normalized spacial score (nSPS) is 23.3. The fraction of sp³-hybridized carbons (Fsp3) is 0.917. The highest BCUT2D eigenvalue weighted by atomic mass is 16.2. The third-order valence-corrected chi connectivity index (χ3v) is 2.87. The van der Waals surface area contributed by atoms with Gasteiger partial charge in [0.25, 0.3) is 0 Å². The molecule has 0 aromatic heterocycles. The van der Waals surface area contributed by atoms with Gasteiger partial charge in [0, 0.05) is 19.0 Å². The van der Waals surface area contributed by atoms with Gasteiger partial charge in [-0.15, -0.1) is 0 Å². The first-order valence-corrected chi connectivity index (χ1v) is 5.94. The largest absolute Gasteiger partial charge is 0.339 e. The van der Waals surface area contributed by atoms with Gasteiger partial charge in [0.1, 0.15) is 0 Å². The average Bonchev–Trinajstić information content (AvgIpc) is 2.11. The van der Waals surface area contributed by atoms with Gasteiger partial charge in [-0.25, -0.2) is 0 Å². The molecule has 0 N–H and O–H groups in total. The molecule has 14 heavy (non-hydrogen) atoms. The van der Waals surface area contributed by atoms with Gasteiger partial charge in [0.2, 0.25) is 5.91 Å². The minimum Gasteiger partial charge on any atom is -0.339 e. The van der Waals surface area contributed by atoms with E-state index in [-0.39, 0.29) is 0 Å². The van der Waals surface area contributed by atoms with Crippen molar-refractivity contribution in [3.8, 4) is 0 Å². The van der Waals surface area contributed by atoms with E-state index >= 15 is 0 Å². The molecule has 0 aromatic rings. The van der Waals surface area contributed by atoms with E-state index in [1.165, 1.54) is 19.3 Å². The summed E-state index contributed by atoms with van der Waals surface area (Å²) >= 11 is 0. The van der Waals surface area contributed by atoms with Gasteiger partial charge in [0.05, 0.1) is 0 Å². The molecule has 1 amide bonds. The van der Waals surface area contributed by atoms with Crippen molar-refractivity contribution >= 4 is 5.91 Å². The Hall–Kier alpha value is -0.530. The van der Waals surface area contributed by atoms with Crippen molar-refractivity contribution in [2.75, 3.05) is 6.54 Å². The first-order valence-electron chi connectivity index (χ1n) is 5.94. The van der Waals surface area contributed by atoms with E-state index in [0.29, 0.717) is 17.9 Å². The Morgan fingerprint density at radius 3 is 2.79 bits per heavy atom. The molecule has 1 atom stereocenters. The maximum Gasteiger partial charge on any atom is 0.222 e. The number of hydrogen-bond acceptors (Lipinski definition) is 1. The molecule has 1 aliphatic heterocycles. The van der Waals surface area contributed by atoms with E-state index in [4.69, 9.17) is 0 Å². The van der Waals surface area contributed by atoms with E-state index in [9.17, 15) is 4.79 Å². The van der Waals surface area contributed by atoms with Crippen LogP contribution in [0.2, 0.25) is 0 Å². The topological polar surface area (TPSA) is 20.3 Å². The molecule has 0 saturated carbocycles. The minimum atomic E-state index is 0.378. The molecule has 1 rings (SSSR count). The first kappa shape index (κ1) is 11.5. The van der Waals surface area contributed by atoms with Crippen LogP contribution in [0.4, 0.5) is 0 Å². The van der Waals surface area contributed by atoms with Crippen molar-refractivity contribution in [3.05, 3.63) is 0 Å². The van der Waals surface area contributed by atoms with E-state index in [1.54, 1.807) is 0 Å². The second kappa shape index (κ2) is 5.38. The summed E-state index contributed by atoms with van der Waals surface area (Å²) in [6.45, 7) is 7.52. The van der Waals surface area contributed by atoms with Crippen molar-refractivity contribution in [2.45, 2.75) is 58.9 Å². The molecule has 2 heteroatoms. The Balaban J connectivity index is 2.56. The lowest BCUT2D eigenvalue weighted by Crippen LogP contribution is -2.45.